The Morgan fingerprint density at radius 2 is 1.34 bits per heavy atom. The van der Waals surface area contributed by atoms with Crippen LogP contribution >= 0.6 is 0 Å². The first kappa shape index (κ1) is 21.7. The van der Waals surface area contributed by atoms with Crippen molar-refractivity contribution in [1.82, 2.24) is 0 Å². The molecular formula is C22H20O7. The van der Waals surface area contributed by atoms with Crippen LogP contribution < -0.4 is 0 Å². The van der Waals surface area contributed by atoms with E-state index in [4.69, 9.17) is 14.2 Å². The Bertz CT molecular complexity index is 854. The Balaban J connectivity index is 1.98. The molecule has 0 aliphatic carbocycles. The van der Waals surface area contributed by atoms with Crippen molar-refractivity contribution in [2.75, 3.05) is 19.8 Å². The highest BCUT2D eigenvalue weighted by Crippen LogP contribution is 2.09. The number of hydrogen-bond donors (Lipinski definition) is 0. The van der Waals surface area contributed by atoms with E-state index in [1.165, 1.54) is 54.6 Å². The number of ether oxygens (including phenoxy) is 3. The van der Waals surface area contributed by atoms with Gasteiger partial charge in [0.15, 0.2) is 6.10 Å². The second-order valence-corrected chi connectivity index (χ2v) is 5.93. The molecule has 150 valence electrons. The second-order valence-electron chi connectivity index (χ2n) is 5.93. The first-order valence-electron chi connectivity index (χ1n) is 8.74. The number of rotatable bonds is 11. The van der Waals surface area contributed by atoms with E-state index in [-0.39, 0.29) is 30.9 Å². The van der Waals surface area contributed by atoms with Crippen LogP contribution in [0.1, 0.15) is 41.4 Å². The lowest BCUT2D eigenvalue weighted by Crippen LogP contribution is -2.30. The van der Waals surface area contributed by atoms with Gasteiger partial charge in [-0.15, -0.1) is 6.58 Å². The first-order chi connectivity index (χ1) is 14.1. The maximum absolute atomic E-state index is 12.3. The first-order valence-corrected chi connectivity index (χ1v) is 8.74. The van der Waals surface area contributed by atoms with Gasteiger partial charge in [0.1, 0.15) is 19.2 Å². The minimum absolute atomic E-state index is 0.00153. The van der Waals surface area contributed by atoms with Crippen LogP contribution in [0.2, 0.25) is 0 Å². The Kier molecular flexibility index (Phi) is 8.47. The van der Waals surface area contributed by atoms with Gasteiger partial charge in [-0.2, -0.15) is 0 Å². The molecular weight excluding hydrogens is 376 g/mol. The van der Waals surface area contributed by atoms with Gasteiger partial charge in [0.25, 0.3) is 0 Å². The lowest BCUT2D eigenvalue weighted by molar-refractivity contribution is -0.0285. The molecule has 0 spiro atoms. The zero-order chi connectivity index (χ0) is 21.1. The lowest BCUT2D eigenvalue weighted by Gasteiger charge is -2.18. The monoisotopic (exact) mass is 396 g/mol. The van der Waals surface area contributed by atoms with E-state index in [2.05, 4.69) is 6.58 Å². The summed E-state index contributed by atoms with van der Waals surface area (Å²) >= 11 is 0. The maximum atomic E-state index is 12.3. The van der Waals surface area contributed by atoms with Gasteiger partial charge >= 0.3 is 11.9 Å². The van der Waals surface area contributed by atoms with Gasteiger partial charge in [0, 0.05) is 11.1 Å². The van der Waals surface area contributed by atoms with Gasteiger partial charge in [0.05, 0.1) is 24.3 Å². The molecule has 0 saturated carbocycles. The predicted octanol–water partition coefficient (Wildman–Crippen LogP) is 2.90. The summed E-state index contributed by atoms with van der Waals surface area (Å²) in [6, 6.07) is 11.9. The average molecular weight is 396 g/mol. The minimum atomic E-state index is -0.841. The molecule has 2 aromatic rings. The molecule has 0 aliphatic rings. The topological polar surface area (TPSA) is 96.0 Å². The number of hydrogen-bond acceptors (Lipinski definition) is 7. The summed E-state index contributed by atoms with van der Waals surface area (Å²) in [5, 5.41) is 0. The molecule has 1 atom stereocenters. The Hall–Kier alpha value is -3.58. The molecule has 0 radical (unpaired) electrons. The normalized spacial score (nSPS) is 11.2. The van der Waals surface area contributed by atoms with Crippen LogP contribution in [0.3, 0.4) is 0 Å². The van der Waals surface area contributed by atoms with Crippen LogP contribution in [0.5, 0.6) is 0 Å². The Labute approximate surface area is 167 Å². The molecule has 0 aliphatic heterocycles. The van der Waals surface area contributed by atoms with E-state index in [0.717, 1.165) is 0 Å². The van der Waals surface area contributed by atoms with E-state index in [1.807, 2.05) is 0 Å². The molecule has 0 heterocycles. The van der Waals surface area contributed by atoms with Gasteiger partial charge < -0.3 is 14.2 Å². The fourth-order valence-electron chi connectivity index (χ4n) is 2.27. The number of carbonyl (C=O) groups excluding carboxylic acids is 4. The third-order valence-electron chi connectivity index (χ3n) is 3.78. The van der Waals surface area contributed by atoms with Crippen molar-refractivity contribution in [3.8, 4) is 0 Å². The van der Waals surface area contributed by atoms with Crippen LogP contribution in [-0.2, 0) is 14.2 Å². The van der Waals surface area contributed by atoms with Crippen molar-refractivity contribution in [2.45, 2.75) is 6.10 Å². The van der Waals surface area contributed by atoms with Gasteiger partial charge in [-0.05, 0) is 24.3 Å². The van der Waals surface area contributed by atoms with E-state index in [0.29, 0.717) is 23.7 Å². The Morgan fingerprint density at radius 1 is 0.828 bits per heavy atom. The van der Waals surface area contributed by atoms with E-state index < -0.39 is 18.0 Å². The van der Waals surface area contributed by atoms with Gasteiger partial charge in [-0.3, -0.25) is 9.59 Å². The molecule has 0 saturated heterocycles. The zero-order valence-corrected chi connectivity index (χ0v) is 15.6. The smallest absolute Gasteiger partial charge is 0.338 e. The summed E-state index contributed by atoms with van der Waals surface area (Å²) in [6.07, 6.45) is 2.04. The summed E-state index contributed by atoms with van der Waals surface area (Å²) < 4.78 is 15.9. The highest BCUT2D eigenvalue weighted by Gasteiger charge is 2.19. The SMILES string of the molecule is C=CCOCC(COC(=O)c1ccc(C=O)cc1)OC(=O)c1ccc(C=O)cc1. The molecule has 1 unspecified atom stereocenters. The molecule has 2 rings (SSSR count). The van der Waals surface area contributed by atoms with Gasteiger partial charge in [-0.25, -0.2) is 9.59 Å². The van der Waals surface area contributed by atoms with Crippen molar-refractivity contribution in [3.05, 3.63) is 83.4 Å². The van der Waals surface area contributed by atoms with Crippen molar-refractivity contribution in [3.63, 3.8) is 0 Å². The summed E-state index contributed by atoms with van der Waals surface area (Å²) in [5.41, 5.74) is 1.38. The number of aldehydes is 2. The molecule has 2 aromatic carbocycles. The number of carbonyl (C=O) groups is 4. The lowest BCUT2D eigenvalue weighted by atomic mass is 10.1. The van der Waals surface area contributed by atoms with E-state index in [1.54, 1.807) is 0 Å². The van der Waals surface area contributed by atoms with Crippen LogP contribution in [0.15, 0.2) is 61.2 Å². The predicted molar refractivity (Wildman–Crippen MR) is 104 cm³/mol. The van der Waals surface area contributed by atoms with Crippen molar-refractivity contribution in [1.29, 1.82) is 0 Å². The molecule has 29 heavy (non-hydrogen) atoms. The third kappa shape index (κ3) is 6.82. The van der Waals surface area contributed by atoms with E-state index in [9.17, 15) is 19.2 Å². The zero-order valence-electron chi connectivity index (χ0n) is 15.6. The third-order valence-corrected chi connectivity index (χ3v) is 3.78. The van der Waals surface area contributed by atoms with Crippen molar-refractivity contribution in [2.24, 2.45) is 0 Å². The van der Waals surface area contributed by atoms with Crippen molar-refractivity contribution >= 4 is 24.5 Å². The largest absolute Gasteiger partial charge is 0.458 e. The summed E-state index contributed by atoms with van der Waals surface area (Å²) in [5.74, 6) is -1.26. The molecule has 0 fully saturated rings. The minimum Gasteiger partial charge on any atom is -0.458 e. The average Bonchev–Trinajstić information content (AvgIpc) is 2.77. The summed E-state index contributed by atoms with van der Waals surface area (Å²) in [6.45, 7) is 3.56. The molecule has 0 aromatic heterocycles. The highest BCUT2D eigenvalue weighted by molar-refractivity contribution is 5.91. The molecule has 0 bridgehead atoms. The second kappa shape index (κ2) is 11.3. The molecule has 0 N–H and O–H groups in total. The quantitative estimate of drug-likeness (QED) is 0.249. The number of esters is 2. The van der Waals surface area contributed by atoms with E-state index >= 15 is 0 Å². The van der Waals surface area contributed by atoms with Crippen LogP contribution in [0.25, 0.3) is 0 Å². The van der Waals surface area contributed by atoms with Crippen LogP contribution in [-0.4, -0.2) is 50.4 Å². The molecule has 0 amide bonds. The summed E-state index contributed by atoms with van der Waals surface area (Å²) in [7, 11) is 0. The summed E-state index contributed by atoms with van der Waals surface area (Å²) in [4.78, 5) is 45.9. The van der Waals surface area contributed by atoms with Gasteiger partial charge in [-0.1, -0.05) is 30.3 Å². The maximum Gasteiger partial charge on any atom is 0.338 e. The highest BCUT2D eigenvalue weighted by atomic mass is 16.6. The molecule has 7 heteroatoms. The van der Waals surface area contributed by atoms with Crippen LogP contribution in [0.4, 0.5) is 0 Å². The fourth-order valence-corrected chi connectivity index (χ4v) is 2.27. The molecule has 7 nitrogen and oxygen atoms in total. The van der Waals surface area contributed by atoms with Crippen LogP contribution in [0, 0.1) is 0 Å². The standard InChI is InChI=1S/C22H20O7/c1-2-11-27-14-20(29-22(26)19-9-5-17(13-24)6-10-19)15-28-21(25)18-7-3-16(12-23)4-8-18/h2-10,12-13,20H,1,11,14-15H2. The number of benzene rings is 2. The fraction of sp³-hybridized carbons (Fsp3) is 0.182. The van der Waals surface area contributed by atoms with Gasteiger partial charge in [0.2, 0.25) is 0 Å². The van der Waals surface area contributed by atoms with Crippen molar-refractivity contribution < 1.29 is 33.4 Å². The Morgan fingerprint density at radius 3 is 1.83 bits per heavy atom.